The van der Waals surface area contributed by atoms with Crippen molar-refractivity contribution in [3.05, 3.63) is 198 Å². The van der Waals surface area contributed by atoms with Crippen molar-refractivity contribution in [2.24, 2.45) is 23.5 Å². The summed E-state index contributed by atoms with van der Waals surface area (Å²) in [6.45, 7) is 5.61. The van der Waals surface area contributed by atoms with Gasteiger partial charge in [0, 0.05) is 150 Å². The number of hydrogen-bond donors (Lipinski definition) is 9. The monoisotopic (exact) mass is 1680 g/mol. The molecular formula is C92H92N22O7S2. The Bertz CT molecular complexity index is 6960. The highest BCUT2D eigenvalue weighted by molar-refractivity contribution is 7.22. The van der Waals surface area contributed by atoms with Crippen LogP contribution in [0.15, 0.2) is 163 Å². The number of para-hydroxylation sites is 2. The second-order valence-corrected chi connectivity index (χ2v) is 34.6. The lowest BCUT2D eigenvalue weighted by molar-refractivity contribution is -0.143. The molecular weight excluding hydrogens is 1590 g/mol. The number of nitrogens with one attached hydrogen (secondary N) is 2. The van der Waals surface area contributed by atoms with Crippen LogP contribution in [0, 0.1) is 43.9 Å². The molecule has 0 radical (unpaired) electrons. The molecule has 4 aromatic carbocycles. The number of amides is 3. The van der Waals surface area contributed by atoms with Gasteiger partial charge in [-0.15, -0.1) is 29.1 Å². The van der Waals surface area contributed by atoms with Gasteiger partial charge in [-0.2, -0.15) is 0 Å². The number of likely N-dealkylation sites (tertiary alicyclic amines) is 1. The number of H-pyrrole nitrogens is 2. The number of primary amides is 1. The van der Waals surface area contributed by atoms with Gasteiger partial charge in [-0.05, 0) is 163 Å². The lowest BCUT2D eigenvalue weighted by Gasteiger charge is -2.33. The molecule has 0 unspecified atom stereocenters. The van der Waals surface area contributed by atoms with E-state index < -0.39 is 11.9 Å². The number of carboxylic acids is 2. The molecule has 13 aromatic heterocycles. The van der Waals surface area contributed by atoms with E-state index in [0.29, 0.717) is 73.5 Å². The molecule has 21 rings (SSSR count). The molecule has 3 amide bonds. The van der Waals surface area contributed by atoms with Gasteiger partial charge < -0.3 is 63.1 Å². The Balaban J connectivity index is 0.000000112. The molecule has 14 heterocycles. The number of urea groups is 1. The number of furan rings is 1. The number of rotatable bonds is 12. The van der Waals surface area contributed by atoms with Gasteiger partial charge in [-0.25, -0.2) is 49.7 Å². The maximum absolute atomic E-state index is 12.3. The highest BCUT2D eigenvalue weighted by Crippen LogP contribution is 2.46. The second kappa shape index (κ2) is 33.2. The van der Waals surface area contributed by atoms with Crippen LogP contribution in [0.1, 0.15) is 154 Å². The topological polar surface area (TPSA) is 424 Å². The molecule has 4 fully saturated rings. The van der Waals surface area contributed by atoms with E-state index >= 15 is 0 Å². The molecule has 624 valence electrons. The third-order valence-electron chi connectivity index (χ3n) is 25.0. The quantitative estimate of drug-likeness (QED) is 0.0513. The average Bonchev–Trinajstić information content (AvgIpc) is 1.62. The van der Waals surface area contributed by atoms with Gasteiger partial charge in [-0.1, -0.05) is 60.5 Å². The van der Waals surface area contributed by atoms with Crippen molar-refractivity contribution in [2.45, 2.75) is 127 Å². The number of carboxylic acid groups (broad SMARTS) is 2. The van der Waals surface area contributed by atoms with Crippen LogP contribution in [0.25, 0.3) is 120 Å². The van der Waals surface area contributed by atoms with Crippen molar-refractivity contribution in [3.63, 3.8) is 0 Å². The van der Waals surface area contributed by atoms with Gasteiger partial charge in [0.15, 0.2) is 5.76 Å². The molecule has 1 saturated heterocycles. The number of aromatic nitrogens is 15. The zero-order valence-corrected chi connectivity index (χ0v) is 69.9. The summed E-state index contributed by atoms with van der Waals surface area (Å²) in [5.41, 5.74) is 45.6. The summed E-state index contributed by atoms with van der Waals surface area (Å²) in [5, 5.41) is 26.0. The molecule has 31 heteroatoms. The first kappa shape index (κ1) is 80.1. The Morgan fingerprint density at radius 1 is 0.512 bits per heavy atom. The normalized spacial score (nSPS) is 18.2. The smallest absolute Gasteiger partial charge is 0.319 e. The van der Waals surface area contributed by atoms with Crippen molar-refractivity contribution in [3.8, 4) is 67.7 Å². The maximum atomic E-state index is 12.3. The summed E-state index contributed by atoms with van der Waals surface area (Å²) in [6, 6.07) is 32.8. The molecule has 0 spiro atoms. The number of carbonyl (C=O) groups excluding carboxylic acids is 2. The van der Waals surface area contributed by atoms with Crippen molar-refractivity contribution in [1.29, 1.82) is 0 Å². The number of nitrogens with two attached hydrogens (primary N) is 5. The lowest BCUT2D eigenvalue weighted by atomic mass is 9.81. The number of fused-ring (bicyclic) bond motifs is 8. The number of anilines is 4. The Kier molecular flexibility index (Phi) is 21.6. The summed E-state index contributed by atoms with van der Waals surface area (Å²) in [5.74, 6) is 7.59. The number of nitrogen functional groups attached to an aromatic ring is 4. The number of aliphatic carboxylic acids is 2. The van der Waals surface area contributed by atoms with Crippen molar-refractivity contribution in [1.82, 2.24) is 82.2 Å². The minimum absolute atomic E-state index is 0.0192. The van der Waals surface area contributed by atoms with Crippen molar-refractivity contribution in [2.75, 3.05) is 50.1 Å². The Morgan fingerprint density at radius 3 is 1.45 bits per heavy atom. The minimum Gasteiger partial charge on any atom is -0.481 e. The lowest BCUT2D eigenvalue weighted by Crippen LogP contribution is -2.43. The number of hydrogen-bond acceptors (Lipinski definition) is 20. The van der Waals surface area contributed by atoms with Gasteiger partial charge in [0.1, 0.15) is 102 Å². The van der Waals surface area contributed by atoms with Gasteiger partial charge in [-0.3, -0.25) is 32.0 Å². The number of thiazole rings is 1. The molecule has 0 atom stereocenters. The molecule has 0 bridgehead atoms. The zero-order chi connectivity index (χ0) is 85.2. The fourth-order valence-electron chi connectivity index (χ4n) is 18.5. The molecule has 3 aliphatic carbocycles. The van der Waals surface area contributed by atoms with Crippen LogP contribution in [0.4, 0.5) is 28.1 Å². The Hall–Kier alpha value is -14.0. The molecule has 29 nitrogen and oxygen atoms in total. The third kappa shape index (κ3) is 15.2. The predicted molar refractivity (Wildman–Crippen MR) is 480 cm³/mol. The van der Waals surface area contributed by atoms with E-state index in [1.165, 1.54) is 15.6 Å². The first-order valence-electron chi connectivity index (χ1n) is 41.4. The number of imidazole rings is 4. The number of carbonyl (C=O) groups is 4. The number of benzene rings is 4. The Morgan fingerprint density at radius 2 is 0.959 bits per heavy atom. The summed E-state index contributed by atoms with van der Waals surface area (Å²) in [4.78, 5) is 99.9. The van der Waals surface area contributed by atoms with Crippen LogP contribution >= 0.6 is 22.7 Å². The fourth-order valence-corrected chi connectivity index (χ4v) is 20.3. The zero-order valence-electron chi connectivity index (χ0n) is 68.3. The van der Waals surface area contributed by atoms with E-state index in [0.717, 1.165) is 197 Å². The maximum Gasteiger partial charge on any atom is 0.319 e. The first-order valence-corrected chi connectivity index (χ1v) is 43.1. The van der Waals surface area contributed by atoms with Crippen LogP contribution in [-0.4, -0.2) is 144 Å². The first-order chi connectivity index (χ1) is 59.6. The molecule has 17 aromatic rings. The average molecular weight is 1680 g/mol. The summed E-state index contributed by atoms with van der Waals surface area (Å²) >= 11 is 3.35. The fraction of sp³-hybridized carbons (Fsp3) is 0.293. The number of piperidine rings is 1. The SMILES string of the molecule is C#Cc1cccc2cc(-c3nc(C4CCC(C(=O)O)CC4)n4ccnc(N)c34)[nH]c12.Cc1cccc2cc(-c3nc(C4CCC(C(N)=O)CC4)n4ccnc(N)c34)sc12.Cc1cccc2oc(-c3nc(C4CCN(C(=O)N(C)C)CC4)n4ccnc(N)c34)cc12.Nc1nccn2c(C3CCC(C(=O)O)CC3)nc(-c3cc4cccc(-c5nccs5)c4[nH]3)c12. The van der Waals surface area contributed by atoms with E-state index in [1.54, 1.807) is 66.5 Å². The molecule has 4 aliphatic rings. The van der Waals surface area contributed by atoms with Crippen LogP contribution in [0.3, 0.4) is 0 Å². The summed E-state index contributed by atoms with van der Waals surface area (Å²) < 4.78 is 15.6. The second-order valence-electron chi connectivity index (χ2n) is 32.7. The van der Waals surface area contributed by atoms with Crippen LogP contribution < -0.4 is 28.7 Å². The number of nitrogens with zero attached hydrogens (tertiary/aromatic N) is 15. The summed E-state index contributed by atoms with van der Waals surface area (Å²) in [7, 11) is 3.57. The van der Waals surface area contributed by atoms with E-state index in [1.807, 2.05) is 103 Å². The highest BCUT2D eigenvalue weighted by Gasteiger charge is 2.36. The molecule has 14 N–H and O–H groups in total. The van der Waals surface area contributed by atoms with Gasteiger partial charge in [0.05, 0.1) is 39.1 Å². The number of aromatic amines is 2. The molecule has 3 saturated carbocycles. The van der Waals surface area contributed by atoms with Crippen LogP contribution in [0.5, 0.6) is 0 Å². The predicted octanol–water partition coefficient (Wildman–Crippen LogP) is 16.9. The third-order valence-corrected chi connectivity index (χ3v) is 27.1. The number of terminal acetylenes is 1. The number of aryl methyl sites for hydroxylation is 2. The van der Waals surface area contributed by atoms with E-state index in [2.05, 4.69) is 108 Å². The Labute approximate surface area is 713 Å². The van der Waals surface area contributed by atoms with Crippen molar-refractivity contribution < 1.29 is 33.8 Å². The highest BCUT2D eigenvalue weighted by atomic mass is 32.1. The van der Waals surface area contributed by atoms with E-state index in [4.69, 9.17) is 59.4 Å². The van der Waals surface area contributed by atoms with Crippen molar-refractivity contribution >= 4 is 135 Å². The minimum atomic E-state index is -0.710. The molecule has 123 heavy (non-hydrogen) atoms. The van der Waals surface area contributed by atoms with E-state index in [-0.39, 0.29) is 53.4 Å². The van der Waals surface area contributed by atoms with E-state index in [9.17, 15) is 29.4 Å². The van der Waals surface area contributed by atoms with Gasteiger partial charge >= 0.3 is 18.0 Å². The van der Waals surface area contributed by atoms with Crippen LogP contribution in [-0.2, 0) is 14.4 Å². The standard InChI is InChI=1S/C24H22N6O2S.C23H26N6O2.C23H21N5O2.C22H23N5OS/c25-21-20-19(17-12-15-2-1-3-16(18(15)28-17)23-27-9-11-33-23)29-22(30(20)10-8-26-21)13-4-6-14(7-5-13)24(31)32;1-14-5-4-6-17-16(14)13-18(31-17)19-20-21(24)25-9-12-29(20)22(26-19)15-7-10-28(11-8-15)23(30)27(2)3;1-2-13-4-3-5-16-12-17(26-18(13)16)19-20-21(24)25-10-11-28(20)22(27-19)14-6-8-15(9-7-14)23(29)30;1-12-3-2-4-15-11-16(29-19(12)15)17-18-20(23)25-9-10-27(18)22(26-17)14-7-5-13(6-8-14)21(24)28/h1-3,8-14,28H,4-7H2,(H2,25,26)(H,31,32);4-6,9,12-13,15H,7-8,10-11H2,1-3H3,(H2,24,25);1,3-5,10-12,14-15,26H,6-9H2,(H2,24,25)(H,29,30);2-4,9-11,13-14H,5-8H2,1H3,(H2,23,25)(H2,24,28). The largest absolute Gasteiger partial charge is 0.481 e. The van der Waals surface area contributed by atoms with Gasteiger partial charge in [0.2, 0.25) is 5.91 Å². The van der Waals surface area contributed by atoms with Gasteiger partial charge in [0.25, 0.3) is 0 Å². The van der Waals surface area contributed by atoms with Crippen LogP contribution in [0.2, 0.25) is 0 Å². The number of thiophene rings is 1. The molecule has 1 aliphatic heterocycles. The summed E-state index contributed by atoms with van der Waals surface area (Å²) in [6.07, 6.45) is 32.8.